The van der Waals surface area contributed by atoms with E-state index in [1.165, 1.54) is 0 Å². The van der Waals surface area contributed by atoms with E-state index in [1.807, 2.05) is 0 Å². The SMILES string of the molecule is CO/N=C1\COC2=CCCC=C21. The topological polar surface area (TPSA) is 30.8 Å². The molecular weight excluding hydrogens is 154 g/mol. The second-order valence-electron chi connectivity index (χ2n) is 2.77. The van der Waals surface area contributed by atoms with Crippen molar-refractivity contribution in [3.8, 4) is 0 Å². The van der Waals surface area contributed by atoms with Crippen molar-refractivity contribution in [1.82, 2.24) is 0 Å². The summed E-state index contributed by atoms with van der Waals surface area (Å²) in [6.45, 7) is 0.547. The van der Waals surface area contributed by atoms with Gasteiger partial charge in [0.2, 0.25) is 0 Å². The minimum atomic E-state index is 0.547. The number of rotatable bonds is 1. The minimum absolute atomic E-state index is 0.547. The number of hydrogen-bond acceptors (Lipinski definition) is 3. The number of nitrogens with zero attached hydrogens (tertiary/aromatic N) is 1. The molecule has 0 aromatic rings. The maximum Gasteiger partial charge on any atom is 0.134 e. The van der Waals surface area contributed by atoms with E-state index < -0.39 is 0 Å². The van der Waals surface area contributed by atoms with Gasteiger partial charge in [0, 0.05) is 5.57 Å². The van der Waals surface area contributed by atoms with Gasteiger partial charge in [-0.2, -0.15) is 0 Å². The molecule has 1 saturated heterocycles. The van der Waals surface area contributed by atoms with Crippen LogP contribution in [0.1, 0.15) is 12.8 Å². The number of fused-ring (bicyclic) bond motifs is 1. The van der Waals surface area contributed by atoms with Crippen LogP contribution in [0.2, 0.25) is 0 Å². The Morgan fingerprint density at radius 3 is 3.08 bits per heavy atom. The van der Waals surface area contributed by atoms with Gasteiger partial charge in [-0.15, -0.1) is 0 Å². The molecule has 0 spiro atoms. The summed E-state index contributed by atoms with van der Waals surface area (Å²) < 4.78 is 5.40. The van der Waals surface area contributed by atoms with E-state index in [1.54, 1.807) is 7.11 Å². The highest BCUT2D eigenvalue weighted by Crippen LogP contribution is 2.26. The van der Waals surface area contributed by atoms with Crippen LogP contribution in [0.4, 0.5) is 0 Å². The fourth-order valence-electron chi connectivity index (χ4n) is 1.46. The number of hydrogen-bond donors (Lipinski definition) is 0. The van der Waals surface area contributed by atoms with E-state index >= 15 is 0 Å². The largest absolute Gasteiger partial charge is 0.487 e. The lowest BCUT2D eigenvalue weighted by Crippen LogP contribution is -2.00. The molecule has 1 aliphatic carbocycles. The minimum Gasteiger partial charge on any atom is -0.487 e. The molecule has 1 heterocycles. The van der Waals surface area contributed by atoms with Crippen molar-refractivity contribution in [1.29, 1.82) is 0 Å². The van der Waals surface area contributed by atoms with Crippen LogP contribution in [0.15, 0.2) is 28.6 Å². The van der Waals surface area contributed by atoms with Crippen molar-refractivity contribution in [2.45, 2.75) is 12.8 Å². The van der Waals surface area contributed by atoms with Crippen molar-refractivity contribution >= 4 is 5.71 Å². The number of allylic oxidation sites excluding steroid dienone is 3. The van der Waals surface area contributed by atoms with Gasteiger partial charge in [-0.3, -0.25) is 0 Å². The first-order chi connectivity index (χ1) is 5.92. The summed E-state index contributed by atoms with van der Waals surface area (Å²) in [7, 11) is 1.55. The molecule has 3 nitrogen and oxygen atoms in total. The molecule has 0 unspecified atom stereocenters. The third kappa shape index (κ3) is 1.11. The third-order valence-electron chi connectivity index (χ3n) is 1.99. The summed E-state index contributed by atoms with van der Waals surface area (Å²) in [5.41, 5.74) is 2.02. The zero-order valence-electron chi connectivity index (χ0n) is 7.04. The lowest BCUT2D eigenvalue weighted by atomic mass is 10.0. The first kappa shape index (κ1) is 7.40. The Bertz CT molecular complexity index is 276. The molecule has 0 saturated carbocycles. The molecule has 0 radical (unpaired) electrons. The molecule has 0 aromatic carbocycles. The number of ether oxygens (including phenoxy) is 1. The van der Waals surface area contributed by atoms with Crippen LogP contribution in [0, 0.1) is 0 Å². The normalized spacial score (nSPS) is 24.2. The first-order valence-corrected chi connectivity index (χ1v) is 4.05. The predicted molar refractivity (Wildman–Crippen MR) is 45.8 cm³/mol. The molecule has 12 heavy (non-hydrogen) atoms. The molecule has 0 bridgehead atoms. The second-order valence-corrected chi connectivity index (χ2v) is 2.77. The van der Waals surface area contributed by atoms with E-state index in [0.29, 0.717) is 6.61 Å². The van der Waals surface area contributed by atoms with Gasteiger partial charge in [0.1, 0.15) is 25.2 Å². The van der Waals surface area contributed by atoms with Crippen LogP contribution in [0.5, 0.6) is 0 Å². The summed E-state index contributed by atoms with van der Waals surface area (Å²) in [6, 6.07) is 0. The van der Waals surface area contributed by atoms with Gasteiger partial charge in [-0.1, -0.05) is 11.2 Å². The van der Waals surface area contributed by atoms with Crippen molar-refractivity contribution in [2.24, 2.45) is 5.16 Å². The maximum atomic E-state index is 5.40. The van der Waals surface area contributed by atoms with Crippen LogP contribution in [0.25, 0.3) is 0 Å². The average Bonchev–Trinajstić information content (AvgIpc) is 2.50. The Labute approximate surface area is 71.3 Å². The van der Waals surface area contributed by atoms with Crippen LogP contribution in [0.3, 0.4) is 0 Å². The lowest BCUT2D eigenvalue weighted by molar-refractivity contribution is 0.210. The summed E-state index contributed by atoms with van der Waals surface area (Å²) >= 11 is 0. The quantitative estimate of drug-likeness (QED) is 0.553. The fourth-order valence-corrected chi connectivity index (χ4v) is 1.46. The molecule has 0 N–H and O–H groups in total. The Kier molecular flexibility index (Phi) is 1.86. The van der Waals surface area contributed by atoms with Gasteiger partial charge in [0.15, 0.2) is 0 Å². The van der Waals surface area contributed by atoms with E-state index in [0.717, 1.165) is 29.9 Å². The van der Waals surface area contributed by atoms with Gasteiger partial charge in [-0.25, -0.2) is 0 Å². The van der Waals surface area contributed by atoms with Crippen LogP contribution in [-0.2, 0) is 9.57 Å². The zero-order chi connectivity index (χ0) is 8.39. The summed E-state index contributed by atoms with van der Waals surface area (Å²) in [4.78, 5) is 4.71. The Hall–Kier alpha value is -1.25. The van der Waals surface area contributed by atoms with Crippen molar-refractivity contribution in [3.63, 3.8) is 0 Å². The van der Waals surface area contributed by atoms with E-state index in [4.69, 9.17) is 9.57 Å². The highest BCUT2D eigenvalue weighted by Gasteiger charge is 2.24. The van der Waals surface area contributed by atoms with E-state index in [9.17, 15) is 0 Å². The molecule has 1 fully saturated rings. The second kappa shape index (κ2) is 3.01. The summed E-state index contributed by atoms with van der Waals surface area (Å²) in [5.74, 6) is 0.969. The molecule has 64 valence electrons. The van der Waals surface area contributed by atoms with Gasteiger partial charge in [-0.05, 0) is 18.9 Å². The monoisotopic (exact) mass is 165 g/mol. The standard InChI is InChI=1S/C9H11NO2/c1-11-10-8-6-12-9-5-3-2-4-7(8)9/h4-5H,2-3,6H2,1H3/b10-8+. The van der Waals surface area contributed by atoms with Gasteiger partial charge in [0.25, 0.3) is 0 Å². The Balaban J connectivity index is 2.28. The van der Waals surface area contributed by atoms with Crippen LogP contribution in [-0.4, -0.2) is 19.4 Å². The molecule has 3 heteroatoms. The lowest BCUT2D eigenvalue weighted by Gasteiger charge is -2.04. The average molecular weight is 165 g/mol. The van der Waals surface area contributed by atoms with E-state index in [2.05, 4.69) is 17.3 Å². The number of oxime groups is 1. The first-order valence-electron chi connectivity index (χ1n) is 4.05. The fraction of sp³-hybridized carbons (Fsp3) is 0.444. The van der Waals surface area contributed by atoms with Crippen molar-refractivity contribution in [3.05, 3.63) is 23.5 Å². The molecule has 2 aliphatic rings. The Morgan fingerprint density at radius 1 is 1.42 bits per heavy atom. The van der Waals surface area contributed by atoms with Crippen LogP contribution >= 0.6 is 0 Å². The maximum absolute atomic E-state index is 5.40. The highest BCUT2D eigenvalue weighted by atomic mass is 16.6. The van der Waals surface area contributed by atoms with Gasteiger partial charge < -0.3 is 9.57 Å². The molecule has 0 atom stereocenters. The van der Waals surface area contributed by atoms with Gasteiger partial charge >= 0.3 is 0 Å². The summed E-state index contributed by atoms with van der Waals surface area (Å²) in [5, 5.41) is 3.89. The van der Waals surface area contributed by atoms with Gasteiger partial charge in [0.05, 0.1) is 0 Å². The van der Waals surface area contributed by atoms with Crippen LogP contribution < -0.4 is 0 Å². The molecule has 0 aromatic heterocycles. The highest BCUT2D eigenvalue weighted by molar-refractivity contribution is 6.06. The van der Waals surface area contributed by atoms with E-state index in [-0.39, 0.29) is 0 Å². The zero-order valence-corrected chi connectivity index (χ0v) is 7.04. The summed E-state index contributed by atoms with van der Waals surface area (Å²) in [6.07, 6.45) is 6.40. The molecule has 0 amide bonds. The molecule has 1 aliphatic heterocycles. The Morgan fingerprint density at radius 2 is 2.25 bits per heavy atom. The predicted octanol–water partition coefficient (Wildman–Crippen LogP) is 1.62. The molecule has 2 rings (SSSR count). The third-order valence-corrected chi connectivity index (χ3v) is 1.99. The van der Waals surface area contributed by atoms with Crippen molar-refractivity contribution in [2.75, 3.05) is 13.7 Å². The smallest absolute Gasteiger partial charge is 0.134 e. The molecular formula is C9H11NO2. The van der Waals surface area contributed by atoms with Crippen molar-refractivity contribution < 1.29 is 9.57 Å².